The molecule has 2 heterocycles. The quantitative estimate of drug-likeness (QED) is 0.575. The number of hydrogen-bond acceptors (Lipinski definition) is 3. The SMILES string of the molecule is C=C1CN=C(N2CCC3CC3C2)NC1. The first-order chi connectivity index (χ1) is 6.83. The molecule has 76 valence electrons. The Kier molecular flexibility index (Phi) is 1.79. The lowest BCUT2D eigenvalue weighted by Crippen LogP contribution is -2.47. The summed E-state index contributed by atoms with van der Waals surface area (Å²) in [4.78, 5) is 6.94. The summed E-state index contributed by atoms with van der Waals surface area (Å²) in [6.07, 6.45) is 2.82. The highest BCUT2D eigenvalue weighted by atomic mass is 15.3. The van der Waals surface area contributed by atoms with E-state index in [1.165, 1.54) is 31.5 Å². The normalized spacial score (nSPS) is 35.9. The number of piperidine rings is 1. The summed E-state index contributed by atoms with van der Waals surface area (Å²) in [6.45, 7) is 8.07. The van der Waals surface area contributed by atoms with Crippen LogP contribution in [0.3, 0.4) is 0 Å². The van der Waals surface area contributed by atoms with Crippen molar-refractivity contribution in [3.05, 3.63) is 12.2 Å². The molecule has 2 aliphatic heterocycles. The predicted octanol–water partition coefficient (Wildman–Crippen LogP) is 0.844. The molecule has 1 saturated carbocycles. The Bertz CT molecular complexity index is 295. The molecule has 0 aromatic carbocycles. The van der Waals surface area contributed by atoms with Gasteiger partial charge in [-0.05, 0) is 30.3 Å². The van der Waals surface area contributed by atoms with E-state index in [1.54, 1.807) is 0 Å². The third-order valence-corrected chi connectivity index (χ3v) is 3.54. The molecule has 3 aliphatic rings. The fourth-order valence-electron chi connectivity index (χ4n) is 2.49. The number of aliphatic imine (C=N–C) groups is 1. The third kappa shape index (κ3) is 1.41. The van der Waals surface area contributed by atoms with Crippen LogP contribution in [0.2, 0.25) is 0 Å². The minimum absolute atomic E-state index is 0.812. The fraction of sp³-hybridized carbons (Fsp3) is 0.727. The molecule has 1 aliphatic carbocycles. The summed E-state index contributed by atoms with van der Waals surface area (Å²) in [7, 11) is 0. The Morgan fingerprint density at radius 3 is 3.07 bits per heavy atom. The van der Waals surface area contributed by atoms with Crippen LogP contribution in [-0.2, 0) is 0 Å². The number of rotatable bonds is 0. The molecule has 2 fully saturated rings. The second-order valence-corrected chi connectivity index (χ2v) is 4.73. The monoisotopic (exact) mass is 191 g/mol. The van der Waals surface area contributed by atoms with Crippen LogP contribution in [0.4, 0.5) is 0 Å². The summed E-state index contributed by atoms with van der Waals surface area (Å²) in [6, 6.07) is 0. The third-order valence-electron chi connectivity index (χ3n) is 3.54. The van der Waals surface area contributed by atoms with Gasteiger partial charge in [-0.1, -0.05) is 6.58 Å². The van der Waals surface area contributed by atoms with Gasteiger partial charge < -0.3 is 10.2 Å². The van der Waals surface area contributed by atoms with Crippen molar-refractivity contribution in [2.45, 2.75) is 12.8 Å². The molecule has 3 heteroatoms. The van der Waals surface area contributed by atoms with E-state index in [0.29, 0.717) is 0 Å². The number of likely N-dealkylation sites (tertiary alicyclic amines) is 1. The van der Waals surface area contributed by atoms with Crippen molar-refractivity contribution in [1.29, 1.82) is 0 Å². The molecule has 0 aromatic rings. The van der Waals surface area contributed by atoms with E-state index in [1.807, 2.05) is 0 Å². The maximum absolute atomic E-state index is 4.52. The van der Waals surface area contributed by atoms with Crippen molar-refractivity contribution in [3.8, 4) is 0 Å². The minimum atomic E-state index is 0.812. The summed E-state index contributed by atoms with van der Waals surface area (Å²) in [5.41, 5.74) is 1.19. The minimum Gasteiger partial charge on any atom is -0.352 e. The van der Waals surface area contributed by atoms with E-state index >= 15 is 0 Å². The molecule has 0 spiro atoms. The maximum atomic E-state index is 4.52. The number of nitrogens with one attached hydrogen (secondary N) is 1. The van der Waals surface area contributed by atoms with Crippen LogP contribution in [0.5, 0.6) is 0 Å². The van der Waals surface area contributed by atoms with Gasteiger partial charge in [0.2, 0.25) is 0 Å². The number of hydrogen-bond donors (Lipinski definition) is 1. The van der Waals surface area contributed by atoms with Gasteiger partial charge in [0.1, 0.15) is 0 Å². The fourth-order valence-corrected chi connectivity index (χ4v) is 2.49. The lowest BCUT2D eigenvalue weighted by atomic mass is 10.1. The Hall–Kier alpha value is -0.990. The number of guanidine groups is 1. The van der Waals surface area contributed by atoms with Gasteiger partial charge in [-0.2, -0.15) is 0 Å². The van der Waals surface area contributed by atoms with E-state index in [0.717, 1.165) is 30.9 Å². The van der Waals surface area contributed by atoms with Crippen molar-refractivity contribution in [3.63, 3.8) is 0 Å². The van der Waals surface area contributed by atoms with Gasteiger partial charge in [-0.25, -0.2) is 4.99 Å². The van der Waals surface area contributed by atoms with Crippen molar-refractivity contribution in [2.75, 3.05) is 26.2 Å². The van der Waals surface area contributed by atoms with Gasteiger partial charge in [0.15, 0.2) is 5.96 Å². The first kappa shape index (κ1) is 8.33. The van der Waals surface area contributed by atoms with Crippen LogP contribution in [0.25, 0.3) is 0 Å². The molecule has 0 amide bonds. The van der Waals surface area contributed by atoms with Crippen molar-refractivity contribution in [2.24, 2.45) is 16.8 Å². The first-order valence-electron chi connectivity index (χ1n) is 5.53. The second kappa shape index (κ2) is 3.01. The van der Waals surface area contributed by atoms with Gasteiger partial charge >= 0.3 is 0 Å². The van der Waals surface area contributed by atoms with Crippen LogP contribution in [0, 0.1) is 11.8 Å². The van der Waals surface area contributed by atoms with Crippen molar-refractivity contribution >= 4 is 5.96 Å². The van der Waals surface area contributed by atoms with Gasteiger partial charge in [0.25, 0.3) is 0 Å². The van der Waals surface area contributed by atoms with Crippen LogP contribution in [-0.4, -0.2) is 37.0 Å². The van der Waals surface area contributed by atoms with Crippen LogP contribution >= 0.6 is 0 Å². The van der Waals surface area contributed by atoms with E-state index in [4.69, 9.17) is 0 Å². The summed E-state index contributed by atoms with van der Waals surface area (Å²) in [5, 5.41) is 3.35. The van der Waals surface area contributed by atoms with E-state index in [2.05, 4.69) is 21.8 Å². The van der Waals surface area contributed by atoms with Gasteiger partial charge in [0.05, 0.1) is 6.54 Å². The zero-order valence-corrected chi connectivity index (χ0v) is 8.50. The van der Waals surface area contributed by atoms with Crippen LogP contribution in [0.15, 0.2) is 17.1 Å². The molecule has 0 aromatic heterocycles. The molecule has 2 atom stereocenters. The Morgan fingerprint density at radius 1 is 1.43 bits per heavy atom. The molecular formula is C11H17N3. The van der Waals surface area contributed by atoms with Crippen LogP contribution < -0.4 is 5.32 Å². The summed E-state index contributed by atoms with van der Waals surface area (Å²) in [5.74, 6) is 3.13. The number of fused-ring (bicyclic) bond motifs is 1. The molecule has 14 heavy (non-hydrogen) atoms. The van der Waals surface area contributed by atoms with E-state index < -0.39 is 0 Å². The molecule has 1 N–H and O–H groups in total. The van der Waals surface area contributed by atoms with Crippen molar-refractivity contribution < 1.29 is 0 Å². The smallest absolute Gasteiger partial charge is 0.194 e. The maximum Gasteiger partial charge on any atom is 0.194 e. The molecular weight excluding hydrogens is 174 g/mol. The second-order valence-electron chi connectivity index (χ2n) is 4.73. The van der Waals surface area contributed by atoms with Crippen molar-refractivity contribution in [1.82, 2.24) is 10.2 Å². The molecule has 3 rings (SSSR count). The highest BCUT2D eigenvalue weighted by molar-refractivity contribution is 5.81. The van der Waals surface area contributed by atoms with Crippen LogP contribution in [0.1, 0.15) is 12.8 Å². The Balaban J connectivity index is 1.66. The first-order valence-corrected chi connectivity index (χ1v) is 5.53. The zero-order chi connectivity index (χ0) is 9.54. The van der Waals surface area contributed by atoms with Gasteiger partial charge in [-0.15, -0.1) is 0 Å². The lowest BCUT2D eigenvalue weighted by Gasteiger charge is -2.31. The molecule has 0 bridgehead atoms. The summed E-state index contributed by atoms with van der Waals surface area (Å²) >= 11 is 0. The molecule has 0 radical (unpaired) electrons. The molecule has 2 unspecified atom stereocenters. The molecule has 1 saturated heterocycles. The van der Waals surface area contributed by atoms with E-state index in [9.17, 15) is 0 Å². The highest BCUT2D eigenvalue weighted by Gasteiger charge is 2.42. The summed E-state index contributed by atoms with van der Waals surface area (Å²) < 4.78 is 0. The van der Waals surface area contributed by atoms with Gasteiger partial charge in [0, 0.05) is 19.6 Å². The highest BCUT2D eigenvalue weighted by Crippen LogP contribution is 2.44. The predicted molar refractivity (Wildman–Crippen MR) is 57.2 cm³/mol. The van der Waals surface area contributed by atoms with Gasteiger partial charge in [-0.3, -0.25) is 0 Å². The average molecular weight is 191 g/mol. The number of nitrogens with zero attached hydrogens (tertiary/aromatic N) is 2. The lowest BCUT2D eigenvalue weighted by molar-refractivity contribution is 0.317. The molecule has 3 nitrogen and oxygen atoms in total. The Labute approximate surface area is 84.9 Å². The standard InChI is InChI=1S/C11H17N3/c1-8-5-12-11(13-6-8)14-3-2-9-4-10(9)7-14/h9-10H,1-7H2,(H,12,13). The van der Waals surface area contributed by atoms with E-state index in [-0.39, 0.29) is 0 Å². The largest absolute Gasteiger partial charge is 0.352 e. The Morgan fingerprint density at radius 2 is 2.36 bits per heavy atom. The topological polar surface area (TPSA) is 27.6 Å². The zero-order valence-electron chi connectivity index (χ0n) is 8.50. The average Bonchev–Trinajstić information content (AvgIpc) is 2.96.